The van der Waals surface area contributed by atoms with Crippen molar-refractivity contribution in [1.82, 2.24) is 4.98 Å². The molecule has 1 atom stereocenters. The molecule has 2 amide bonds. The summed E-state index contributed by atoms with van der Waals surface area (Å²) in [5.41, 5.74) is 1.74. The lowest BCUT2D eigenvalue weighted by atomic mass is 10.1. The number of rotatable bonds is 7. The van der Waals surface area contributed by atoms with Gasteiger partial charge in [-0.15, -0.1) is 11.3 Å². The Balaban J connectivity index is 1.47. The normalized spacial score (nSPS) is 14.4. The van der Waals surface area contributed by atoms with Crippen LogP contribution in [0.15, 0.2) is 42.5 Å². The molecule has 32 heavy (non-hydrogen) atoms. The van der Waals surface area contributed by atoms with E-state index in [2.05, 4.69) is 15.6 Å². The average molecular weight is 454 g/mol. The third-order valence-electron chi connectivity index (χ3n) is 5.27. The van der Waals surface area contributed by atoms with Crippen LogP contribution in [0.5, 0.6) is 17.2 Å². The van der Waals surface area contributed by atoms with Crippen LogP contribution in [0.4, 0.5) is 10.8 Å². The Morgan fingerprint density at radius 3 is 2.38 bits per heavy atom. The van der Waals surface area contributed by atoms with Gasteiger partial charge in [0, 0.05) is 16.5 Å². The fourth-order valence-corrected chi connectivity index (χ4v) is 4.61. The molecule has 0 fully saturated rings. The summed E-state index contributed by atoms with van der Waals surface area (Å²) in [5, 5.41) is 6.23. The predicted octanol–water partition coefficient (Wildman–Crippen LogP) is 4.09. The maximum Gasteiger partial charge on any atom is 0.257 e. The van der Waals surface area contributed by atoms with Crippen LogP contribution in [-0.4, -0.2) is 38.1 Å². The van der Waals surface area contributed by atoms with E-state index in [1.165, 1.54) is 11.3 Å². The van der Waals surface area contributed by atoms with E-state index in [1.807, 2.05) is 0 Å². The molecule has 0 aliphatic heterocycles. The number of fused-ring (bicyclic) bond motifs is 1. The summed E-state index contributed by atoms with van der Waals surface area (Å²) >= 11 is 1.40. The van der Waals surface area contributed by atoms with Gasteiger partial charge in [0.25, 0.3) is 5.91 Å². The number of anilines is 2. The van der Waals surface area contributed by atoms with Crippen LogP contribution in [0, 0.1) is 0 Å². The van der Waals surface area contributed by atoms with Gasteiger partial charge >= 0.3 is 0 Å². The summed E-state index contributed by atoms with van der Waals surface area (Å²) in [6.45, 7) is 0. The zero-order valence-corrected chi connectivity index (χ0v) is 18.7. The molecule has 0 spiro atoms. The number of thiazole rings is 1. The fraction of sp³-hybridized carbons (Fsp3) is 0.261. The van der Waals surface area contributed by atoms with Gasteiger partial charge in [0.1, 0.15) is 17.2 Å². The van der Waals surface area contributed by atoms with E-state index >= 15 is 0 Å². The molecule has 1 aliphatic carbocycles. The number of benzene rings is 2. The van der Waals surface area contributed by atoms with Gasteiger partial charge in [-0.3, -0.25) is 14.9 Å². The number of carbonyl (C=O) groups is 2. The molecule has 1 aromatic heterocycles. The van der Waals surface area contributed by atoms with Gasteiger partial charge in [0.2, 0.25) is 5.91 Å². The Morgan fingerprint density at radius 1 is 0.969 bits per heavy atom. The van der Waals surface area contributed by atoms with Gasteiger partial charge in [-0.25, -0.2) is 4.98 Å². The number of nitrogens with one attached hydrogen (secondary N) is 2. The third kappa shape index (κ3) is 4.38. The van der Waals surface area contributed by atoms with E-state index < -0.39 is 5.92 Å². The minimum atomic E-state index is -0.399. The molecule has 2 aromatic carbocycles. The Bertz CT molecular complexity index is 1140. The van der Waals surface area contributed by atoms with E-state index in [0.717, 1.165) is 11.3 Å². The van der Waals surface area contributed by atoms with Crippen molar-refractivity contribution in [2.75, 3.05) is 32.0 Å². The molecule has 9 heteroatoms. The van der Waals surface area contributed by atoms with Crippen LogP contribution in [0.1, 0.15) is 33.3 Å². The minimum Gasteiger partial charge on any atom is -0.497 e. The number of hydrogen-bond donors (Lipinski definition) is 2. The SMILES string of the molecule is COc1ccc(C(=O)Nc2nc3c(s2)CCC3C(=O)Nc2cc(OC)ccc2OC)cc1. The zero-order chi connectivity index (χ0) is 22.7. The highest BCUT2D eigenvalue weighted by Gasteiger charge is 2.33. The fourth-order valence-electron chi connectivity index (χ4n) is 3.58. The number of carbonyl (C=O) groups excluding carboxylic acids is 2. The summed E-state index contributed by atoms with van der Waals surface area (Å²) in [6, 6.07) is 12.0. The number of hydrogen-bond acceptors (Lipinski definition) is 7. The lowest BCUT2D eigenvalue weighted by molar-refractivity contribution is -0.117. The first-order valence-corrected chi connectivity index (χ1v) is 10.8. The van der Waals surface area contributed by atoms with Crippen LogP contribution in [0.3, 0.4) is 0 Å². The van der Waals surface area contributed by atoms with Crippen LogP contribution >= 0.6 is 11.3 Å². The molecule has 0 saturated carbocycles. The third-order valence-corrected chi connectivity index (χ3v) is 6.32. The smallest absolute Gasteiger partial charge is 0.257 e. The van der Waals surface area contributed by atoms with E-state index in [9.17, 15) is 9.59 Å². The first kappa shape index (κ1) is 21.6. The number of aryl methyl sites for hydroxylation is 1. The molecule has 2 N–H and O–H groups in total. The molecular formula is C23H23N3O5S. The number of aromatic nitrogens is 1. The number of ether oxygens (including phenoxy) is 3. The van der Waals surface area contributed by atoms with Crippen molar-refractivity contribution in [3.05, 3.63) is 58.6 Å². The van der Waals surface area contributed by atoms with Gasteiger partial charge in [-0.1, -0.05) is 0 Å². The highest BCUT2D eigenvalue weighted by molar-refractivity contribution is 7.16. The van der Waals surface area contributed by atoms with Crippen molar-refractivity contribution in [3.63, 3.8) is 0 Å². The van der Waals surface area contributed by atoms with E-state index in [0.29, 0.717) is 45.7 Å². The number of amides is 2. The van der Waals surface area contributed by atoms with E-state index in [1.54, 1.807) is 63.8 Å². The topological polar surface area (TPSA) is 98.8 Å². The summed E-state index contributed by atoms with van der Waals surface area (Å²) in [6.07, 6.45) is 1.40. The van der Waals surface area contributed by atoms with Crippen molar-refractivity contribution in [1.29, 1.82) is 0 Å². The Kier molecular flexibility index (Phi) is 6.27. The van der Waals surface area contributed by atoms with Crippen LogP contribution in [-0.2, 0) is 11.2 Å². The monoisotopic (exact) mass is 453 g/mol. The van der Waals surface area contributed by atoms with Crippen molar-refractivity contribution in [2.45, 2.75) is 18.8 Å². The zero-order valence-electron chi connectivity index (χ0n) is 17.9. The molecule has 166 valence electrons. The van der Waals surface area contributed by atoms with Crippen LogP contribution in [0.25, 0.3) is 0 Å². The number of methoxy groups -OCH3 is 3. The molecule has 8 nitrogen and oxygen atoms in total. The lowest BCUT2D eigenvalue weighted by Crippen LogP contribution is -2.20. The summed E-state index contributed by atoms with van der Waals surface area (Å²) in [5.74, 6) is 1.00. The first-order valence-electron chi connectivity index (χ1n) is 10.00. The van der Waals surface area contributed by atoms with Gasteiger partial charge in [0.15, 0.2) is 5.13 Å². The van der Waals surface area contributed by atoms with Crippen molar-refractivity contribution < 1.29 is 23.8 Å². The molecule has 4 rings (SSSR count). The Hall–Kier alpha value is -3.59. The maximum absolute atomic E-state index is 13.0. The van der Waals surface area contributed by atoms with Gasteiger partial charge < -0.3 is 19.5 Å². The second-order valence-electron chi connectivity index (χ2n) is 7.16. The summed E-state index contributed by atoms with van der Waals surface area (Å²) in [7, 11) is 4.68. The lowest BCUT2D eigenvalue weighted by Gasteiger charge is -2.14. The second-order valence-corrected chi connectivity index (χ2v) is 8.24. The predicted molar refractivity (Wildman–Crippen MR) is 122 cm³/mol. The Labute approximate surface area is 189 Å². The summed E-state index contributed by atoms with van der Waals surface area (Å²) in [4.78, 5) is 31.1. The van der Waals surface area contributed by atoms with Gasteiger partial charge in [-0.2, -0.15) is 0 Å². The molecule has 0 saturated heterocycles. The highest BCUT2D eigenvalue weighted by Crippen LogP contribution is 2.40. The minimum absolute atomic E-state index is 0.173. The Morgan fingerprint density at radius 2 is 1.69 bits per heavy atom. The van der Waals surface area contributed by atoms with Crippen LogP contribution in [0.2, 0.25) is 0 Å². The standard InChI is InChI=1S/C23H23N3O5S/c1-29-14-6-4-13(5-7-14)21(27)26-23-25-20-16(9-11-19(20)32-23)22(28)24-17-12-15(30-2)8-10-18(17)31-3/h4-8,10,12,16H,9,11H2,1-3H3,(H,24,28)(H,25,26,27). The van der Waals surface area contributed by atoms with Gasteiger partial charge in [0.05, 0.1) is 38.6 Å². The first-order chi connectivity index (χ1) is 15.5. The molecule has 0 radical (unpaired) electrons. The molecule has 1 heterocycles. The molecule has 0 bridgehead atoms. The van der Waals surface area contributed by atoms with Gasteiger partial charge in [-0.05, 0) is 49.2 Å². The van der Waals surface area contributed by atoms with Crippen molar-refractivity contribution >= 4 is 34.0 Å². The average Bonchev–Trinajstić information content (AvgIpc) is 3.39. The molecule has 3 aromatic rings. The van der Waals surface area contributed by atoms with Crippen molar-refractivity contribution in [3.8, 4) is 17.2 Å². The molecule has 1 aliphatic rings. The van der Waals surface area contributed by atoms with Crippen LogP contribution < -0.4 is 24.8 Å². The molecular weight excluding hydrogens is 430 g/mol. The van der Waals surface area contributed by atoms with E-state index in [-0.39, 0.29) is 11.8 Å². The van der Waals surface area contributed by atoms with Crippen molar-refractivity contribution in [2.24, 2.45) is 0 Å². The quantitative estimate of drug-likeness (QED) is 0.559. The largest absolute Gasteiger partial charge is 0.497 e. The second kappa shape index (κ2) is 9.27. The highest BCUT2D eigenvalue weighted by atomic mass is 32.1. The number of nitrogens with zero attached hydrogens (tertiary/aromatic N) is 1. The molecule has 1 unspecified atom stereocenters. The summed E-state index contributed by atoms with van der Waals surface area (Å²) < 4.78 is 15.7. The van der Waals surface area contributed by atoms with E-state index in [4.69, 9.17) is 14.2 Å². The maximum atomic E-state index is 13.0.